The molecule has 1 heterocycles. The van der Waals surface area contributed by atoms with Gasteiger partial charge in [0.1, 0.15) is 0 Å². The molecule has 0 aliphatic carbocycles. The molecule has 126 valence electrons. The highest BCUT2D eigenvalue weighted by Crippen LogP contribution is 2.30. The van der Waals surface area contributed by atoms with Gasteiger partial charge in [0.25, 0.3) is 0 Å². The molecule has 0 radical (unpaired) electrons. The summed E-state index contributed by atoms with van der Waals surface area (Å²) in [4.78, 5) is 13.4. The van der Waals surface area contributed by atoms with E-state index >= 15 is 0 Å². The van der Waals surface area contributed by atoms with E-state index in [4.69, 9.17) is 0 Å². The van der Waals surface area contributed by atoms with Crippen LogP contribution in [-0.4, -0.2) is 48.2 Å². The van der Waals surface area contributed by atoms with E-state index in [0.29, 0.717) is 0 Å². The summed E-state index contributed by atoms with van der Waals surface area (Å²) < 4.78 is 61.4. The molecule has 5 nitrogen and oxygen atoms in total. The van der Waals surface area contributed by atoms with Crippen LogP contribution in [0.2, 0.25) is 0 Å². The van der Waals surface area contributed by atoms with Gasteiger partial charge in [0, 0.05) is 13.1 Å². The number of rotatable bonds is 4. The summed E-state index contributed by atoms with van der Waals surface area (Å²) in [7, 11) is -5.58. The zero-order chi connectivity index (χ0) is 17.3. The number of piperazine rings is 1. The summed E-state index contributed by atoms with van der Waals surface area (Å²) in [5.74, 6) is -0.681. The van der Waals surface area contributed by atoms with E-state index < -0.39 is 34.0 Å². The predicted octanol–water partition coefficient (Wildman–Crippen LogP) is 1.74. The Hall–Kier alpha value is -1.87. The number of alkyl halides is 3. The van der Waals surface area contributed by atoms with Crippen LogP contribution in [0.5, 0.6) is 0 Å². The maximum Gasteiger partial charge on any atom is 0.511 e. The predicted molar refractivity (Wildman–Crippen MR) is 77.5 cm³/mol. The lowest BCUT2D eigenvalue weighted by atomic mass is 10.1. The molecule has 0 saturated carbocycles. The fraction of sp³-hybridized carbons (Fsp3) is 0.357. The Morgan fingerprint density at radius 1 is 1.26 bits per heavy atom. The normalized spacial score (nSPS) is 20.6. The first-order valence-corrected chi connectivity index (χ1v) is 8.13. The number of benzene rings is 1. The van der Waals surface area contributed by atoms with E-state index in [0.717, 1.165) is 11.6 Å². The van der Waals surface area contributed by atoms with Gasteiger partial charge in [-0.3, -0.25) is 4.79 Å². The van der Waals surface area contributed by atoms with Gasteiger partial charge in [-0.1, -0.05) is 36.4 Å². The Labute approximate surface area is 132 Å². The van der Waals surface area contributed by atoms with Crippen LogP contribution in [0.4, 0.5) is 13.2 Å². The van der Waals surface area contributed by atoms with Gasteiger partial charge in [0.2, 0.25) is 5.91 Å². The van der Waals surface area contributed by atoms with Gasteiger partial charge in [0.05, 0.1) is 12.6 Å². The maximum atomic E-state index is 12.7. The quantitative estimate of drug-likeness (QED) is 0.779. The third-order valence-electron chi connectivity index (χ3n) is 3.51. The van der Waals surface area contributed by atoms with Crippen LogP contribution in [-0.2, 0) is 21.4 Å². The summed E-state index contributed by atoms with van der Waals surface area (Å²) in [6.07, 6.45) is 1.10. The largest absolute Gasteiger partial charge is 0.511 e. The fourth-order valence-electron chi connectivity index (χ4n) is 2.31. The zero-order valence-electron chi connectivity index (χ0n) is 12.0. The first kappa shape index (κ1) is 17.5. The minimum atomic E-state index is -5.58. The van der Waals surface area contributed by atoms with E-state index in [-0.39, 0.29) is 17.4 Å². The Morgan fingerprint density at radius 2 is 1.87 bits per heavy atom. The smallest absolute Gasteiger partial charge is 0.335 e. The standard InChI is InChI=1S/C14H15F3N2O3S/c1-2-12-9-18(8-11-6-4-3-5-7-11)13(20)10-19(12)23(21,22)14(15,16)17/h2-7,12H,1,8-10H2. The number of amides is 1. The first-order chi connectivity index (χ1) is 10.7. The monoisotopic (exact) mass is 348 g/mol. The van der Waals surface area contributed by atoms with Crippen molar-refractivity contribution in [3.05, 3.63) is 48.6 Å². The molecule has 9 heteroatoms. The third-order valence-corrected chi connectivity index (χ3v) is 5.11. The lowest BCUT2D eigenvalue weighted by Crippen LogP contribution is -2.59. The molecule has 1 aromatic rings. The topological polar surface area (TPSA) is 57.7 Å². The molecular weight excluding hydrogens is 333 g/mol. The second-order valence-electron chi connectivity index (χ2n) is 5.06. The average Bonchev–Trinajstić information content (AvgIpc) is 2.48. The lowest BCUT2D eigenvalue weighted by molar-refractivity contribution is -0.136. The van der Waals surface area contributed by atoms with Crippen LogP contribution < -0.4 is 0 Å². The molecule has 1 atom stereocenters. The Morgan fingerprint density at radius 3 is 2.39 bits per heavy atom. The van der Waals surface area contributed by atoms with Crippen molar-refractivity contribution in [2.24, 2.45) is 0 Å². The molecule has 23 heavy (non-hydrogen) atoms. The van der Waals surface area contributed by atoms with Crippen LogP contribution in [0, 0.1) is 0 Å². The lowest BCUT2D eigenvalue weighted by Gasteiger charge is -2.38. The molecule has 1 fully saturated rings. The molecule has 1 aliphatic rings. The second-order valence-corrected chi connectivity index (χ2v) is 6.94. The molecule has 0 N–H and O–H groups in total. The molecule has 0 spiro atoms. The Kier molecular flexibility index (Phi) is 4.81. The first-order valence-electron chi connectivity index (χ1n) is 6.69. The number of halogens is 3. The van der Waals surface area contributed by atoms with Crippen LogP contribution in [0.25, 0.3) is 0 Å². The van der Waals surface area contributed by atoms with Crippen LogP contribution >= 0.6 is 0 Å². The minimum Gasteiger partial charge on any atom is -0.335 e. The number of hydrogen-bond donors (Lipinski definition) is 0. The number of carbonyl (C=O) groups excluding carboxylic acids is 1. The molecular formula is C14H15F3N2O3S. The second kappa shape index (κ2) is 6.32. The summed E-state index contributed by atoms with van der Waals surface area (Å²) in [5, 5.41) is 0. The van der Waals surface area contributed by atoms with Crippen LogP contribution in [0.3, 0.4) is 0 Å². The van der Waals surface area contributed by atoms with Gasteiger partial charge in [0.15, 0.2) is 0 Å². The summed E-state index contributed by atoms with van der Waals surface area (Å²) in [6.45, 7) is 2.55. The van der Waals surface area contributed by atoms with Crippen LogP contribution in [0.1, 0.15) is 5.56 Å². The van der Waals surface area contributed by atoms with Crippen molar-refractivity contribution in [2.75, 3.05) is 13.1 Å². The third kappa shape index (κ3) is 3.56. The van der Waals surface area contributed by atoms with Crippen molar-refractivity contribution in [3.63, 3.8) is 0 Å². The number of hydrogen-bond acceptors (Lipinski definition) is 3. The fourth-order valence-corrected chi connectivity index (χ4v) is 3.37. The molecule has 1 aliphatic heterocycles. The average molecular weight is 348 g/mol. The van der Waals surface area contributed by atoms with E-state index in [1.165, 1.54) is 4.90 Å². The molecule has 1 amide bonds. The SMILES string of the molecule is C=CC1CN(Cc2ccccc2)C(=O)CN1S(=O)(=O)C(F)(F)F. The van der Waals surface area contributed by atoms with E-state index in [1.54, 1.807) is 30.3 Å². The van der Waals surface area contributed by atoms with Crippen molar-refractivity contribution in [1.82, 2.24) is 9.21 Å². The highest BCUT2D eigenvalue weighted by molar-refractivity contribution is 7.90. The highest BCUT2D eigenvalue weighted by Gasteiger charge is 2.53. The molecule has 1 saturated heterocycles. The summed E-state index contributed by atoms with van der Waals surface area (Å²) in [5.41, 5.74) is -4.65. The van der Waals surface area contributed by atoms with Crippen molar-refractivity contribution >= 4 is 15.9 Å². The van der Waals surface area contributed by atoms with Crippen molar-refractivity contribution < 1.29 is 26.4 Å². The van der Waals surface area contributed by atoms with Crippen LogP contribution in [0.15, 0.2) is 43.0 Å². The van der Waals surface area contributed by atoms with Gasteiger partial charge in [-0.2, -0.15) is 17.5 Å². The minimum absolute atomic E-state index is 0.157. The Balaban J connectivity index is 2.22. The molecule has 2 rings (SSSR count). The number of carbonyl (C=O) groups is 1. The van der Waals surface area contributed by atoms with Gasteiger partial charge >= 0.3 is 15.5 Å². The van der Waals surface area contributed by atoms with E-state index in [9.17, 15) is 26.4 Å². The molecule has 0 aromatic heterocycles. The Bertz CT molecular complexity index is 689. The highest BCUT2D eigenvalue weighted by atomic mass is 32.2. The van der Waals surface area contributed by atoms with Crippen molar-refractivity contribution in [1.29, 1.82) is 0 Å². The summed E-state index contributed by atoms with van der Waals surface area (Å²) in [6, 6.07) is 7.77. The number of nitrogens with zero attached hydrogens (tertiary/aromatic N) is 2. The zero-order valence-corrected chi connectivity index (χ0v) is 12.8. The summed E-state index contributed by atoms with van der Waals surface area (Å²) >= 11 is 0. The van der Waals surface area contributed by atoms with Crippen molar-refractivity contribution in [3.8, 4) is 0 Å². The van der Waals surface area contributed by atoms with Gasteiger partial charge in [-0.25, -0.2) is 8.42 Å². The van der Waals surface area contributed by atoms with E-state index in [2.05, 4.69) is 6.58 Å². The van der Waals surface area contributed by atoms with E-state index in [1.807, 2.05) is 0 Å². The van der Waals surface area contributed by atoms with Gasteiger partial charge in [-0.15, -0.1) is 6.58 Å². The molecule has 1 aromatic carbocycles. The number of sulfonamides is 1. The van der Waals surface area contributed by atoms with Crippen molar-refractivity contribution in [2.45, 2.75) is 18.1 Å². The molecule has 0 bridgehead atoms. The van der Waals surface area contributed by atoms with Gasteiger partial charge < -0.3 is 4.90 Å². The maximum absolute atomic E-state index is 12.7. The van der Waals surface area contributed by atoms with Gasteiger partial charge in [-0.05, 0) is 5.56 Å². The molecule has 1 unspecified atom stereocenters.